The second-order valence-corrected chi connectivity index (χ2v) is 6.03. The number of nitrogens with one attached hydrogen (secondary N) is 1. The number of aromatic nitrogens is 4. The minimum atomic E-state index is -0.178. The molecule has 1 aliphatic rings. The summed E-state index contributed by atoms with van der Waals surface area (Å²) in [5, 5.41) is 13.7. The van der Waals surface area contributed by atoms with Crippen LogP contribution < -0.4 is 5.32 Å². The first-order chi connectivity index (χ1) is 10.1. The zero-order valence-electron chi connectivity index (χ0n) is 12.3. The van der Waals surface area contributed by atoms with Crippen LogP contribution in [0.4, 0.5) is 5.95 Å². The highest BCUT2D eigenvalue weighted by atomic mass is 32.2. The fraction of sp³-hybridized carbons (Fsp3) is 0.467. The molecule has 1 fully saturated rings. The summed E-state index contributed by atoms with van der Waals surface area (Å²) in [5.74, 6) is 0.839. The number of benzene rings is 1. The monoisotopic (exact) mass is 319 g/mol. The number of thioether (sulfide) groups is 1. The van der Waals surface area contributed by atoms with E-state index in [0.29, 0.717) is 17.4 Å². The minimum Gasteiger partial charge on any atom is -0.289 e. The van der Waals surface area contributed by atoms with E-state index in [4.69, 9.17) is 0 Å². The van der Waals surface area contributed by atoms with Crippen molar-refractivity contribution >= 4 is 23.6 Å². The summed E-state index contributed by atoms with van der Waals surface area (Å²) in [6.45, 7) is 2.00. The highest BCUT2D eigenvalue weighted by Crippen LogP contribution is 2.45. The smallest absolute Gasteiger partial charge is 0.258 e. The molecule has 0 spiro atoms. The Morgan fingerprint density at radius 1 is 1.41 bits per heavy atom. The summed E-state index contributed by atoms with van der Waals surface area (Å²) in [6.07, 6.45) is 4.56. The van der Waals surface area contributed by atoms with Gasteiger partial charge in [0, 0.05) is 17.5 Å². The van der Waals surface area contributed by atoms with Gasteiger partial charge in [0.2, 0.25) is 5.95 Å². The fourth-order valence-electron chi connectivity index (χ4n) is 2.45. The molecule has 1 heterocycles. The summed E-state index contributed by atoms with van der Waals surface area (Å²) in [4.78, 5) is 13.6. The number of amides is 1. The third kappa shape index (κ3) is 2.99. The van der Waals surface area contributed by atoms with Crippen molar-refractivity contribution in [3.63, 3.8) is 0 Å². The standard InChI is InChI=1S/C14H17N5OS.CH4/c1-8-10(13(20)15-14-16-17-18-19(14)2)6-7-11(9-4-5-9)12(8)21-3;/h6-7,9H,4-5H2,1-3H3,(H,15,16,18,20);1H4. The second-order valence-electron chi connectivity index (χ2n) is 5.22. The van der Waals surface area contributed by atoms with Crippen molar-refractivity contribution in [2.45, 2.75) is 38.0 Å². The third-order valence-electron chi connectivity index (χ3n) is 3.75. The Balaban J connectivity index is 0.00000176. The van der Waals surface area contributed by atoms with Gasteiger partial charge in [0.1, 0.15) is 0 Å². The van der Waals surface area contributed by atoms with Gasteiger partial charge in [-0.25, -0.2) is 4.68 Å². The maximum atomic E-state index is 12.4. The van der Waals surface area contributed by atoms with Gasteiger partial charge in [-0.1, -0.05) is 18.6 Å². The Morgan fingerprint density at radius 2 is 2.14 bits per heavy atom. The number of nitrogens with zero attached hydrogens (tertiary/aromatic N) is 4. The molecule has 118 valence electrons. The molecular formula is C15H21N5OS. The number of aryl methyl sites for hydroxylation is 1. The van der Waals surface area contributed by atoms with Gasteiger partial charge >= 0.3 is 0 Å². The molecule has 0 atom stereocenters. The molecule has 0 radical (unpaired) electrons. The molecule has 6 nitrogen and oxygen atoms in total. The van der Waals surface area contributed by atoms with E-state index in [-0.39, 0.29) is 13.3 Å². The van der Waals surface area contributed by atoms with Gasteiger partial charge in [-0.15, -0.1) is 11.8 Å². The molecule has 1 saturated carbocycles. The molecule has 1 amide bonds. The lowest BCUT2D eigenvalue weighted by atomic mass is 10.0. The Kier molecular flexibility index (Phi) is 4.85. The maximum Gasteiger partial charge on any atom is 0.258 e. The lowest BCUT2D eigenvalue weighted by Crippen LogP contribution is -2.17. The van der Waals surface area contributed by atoms with Gasteiger partial charge in [-0.05, 0) is 59.6 Å². The molecule has 3 rings (SSSR count). The van der Waals surface area contributed by atoms with Crippen LogP contribution in [-0.4, -0.2) is 32.4 Å². The average molecular weight is 319 g/mol. The van der Waals surface area contributed by atoms with Crippen LogP contribution in [0.5, 0.6) is 0 Å². The number of anilines is 1. The van der Waals surface area contributed by atoms with E-state index in [0.717, 1.165) is 5.56 Å². The predicted octanol–water partition coefficient (Wildman–Crippen LogP) is 3.01. The Bertz CT molecular complexity index is 693. The van der Waals surface area contributed by atoms with Gasteiger partial charge in [-0.3, -0.25) is 10.1 Å². The van der Waals surface area contributed by atoms with Crippen LogP contribution in [0.3, 0.4) is 0 Å². The van der Waals surface area contributed by atoms with Gasteiger partial charge < -0.3 is 0 Å². The van der Waals surface area contributed by atoms with E-state index in [1.54, 1.807) is 18.8 Å². The topological polar surface area (TPSA) is 72.7 Å². The van der Waals surface area contributed by atoms with E-state index < -0.39 is 0 Å². The van der Waals surface area contributed by atoms with Crippen molar-refractivity contribution in [2.24, 2.45) is 7.05 Å². The molecule has 0 bridgehead atoms. The van der Waals surface area contributed by atoms with Gasteiger partial charge in [0.15, 0.2) is 0 Å². The summed E-state index contributed by atoms with van der Waals surface area (Å²) < 4.78 is 1.43. The van der Waals surface area contributed by atoms with Crippen LogP contribution in [0.1, 0.15) is 47.7 Å². The van der Waals surface area contributed by atoms with E-state index in [1.807, 2.05) is 13.0 Å². The molecule has 1 N–H and O–H groups in total. The lowest BCUT2D eigenvalue weighted by Gasteiger charge is -2.14. The van der Waals surface area contributed by atoms with Gasteiger partial charge in [-0.2, -0.15) is 0 Å². The van der Waals surface area contributed by atoms with Crippen molar-refractivity contribution < 1.29 is 4.79 Å². The summed E-state index contributed by atoms with van der Waals surface area (Å²) in [7, 11) is 1.69. The Morgan fingerprint density at radius 3 is 2.68 bits per heavy atom. The highest BCUT2D eigenvalue weighted by Gasteiger charge is 2.28. The Labute approximate surface area is 134 Å². The third-order valence-corrected chi connectivity index (χ3v) is 4.70. The van der Waals surface area contributed by atoms with Crippen molar-refractivity contribution in [1.82, 2.24) is 20.2 Å². The molecule has 2 aromatic rings. The number of hydrogen-bond donors (Lipinski definition) is 1. The SMILES string of the molecule is C.CSc1c(C2CC2)ccc(C(=O)Nc2nnnn2C)c1C. The first-order valence-electron chi connectivity index (χ1n) is 6.83. The van der Waals surface area contributed by atoms with E-state index in [9.17, 15) is 4.79 Å². The van der Waals surface area contributed by atoms with Crippen molar-refractivity contribution in [3.8, 4) is 0 Å². The van der Waals surface area contributed by atoms with E-state index >= 15 is 0 Å². The molecule has 22 heavy (non-hydrogen) atoms. The van der Waals surface area contributed by atoms with Crippen LogP contribution in [0, 0.1) is 6.92 Å². The zero-order valence-corrected chi connectivity index (χ0v) is 13.1. The van der Waals surface area contributed by atoms with E-state index in [2.05, 4.69) is 33.2 Å². The molecule has 0 unspecified atom stereocenters. The highest BCUT2D eigenvalue weighted by molar-refractivity contribution is 7.98. The largest absolute Gasteiger partial charge is 0.289 e. The first-order valence-corrected chi connectivity index (χ1v) is 8.05. The van der Waals surface area contributed by atoms with Crippen LogP contribution in [0.25, 0.3) is 0 Å². The van der Waals surface area contributed by atoms with Crippen LogP contribution in [0.15, 0.2) is 17.0 Å². The number of rotatable bonds is 4. The molecular weight excluding hydrogens is 298 g/mol. The first kappa shape index (κ1) is 16.5. The average Bonchev–Trinajstić information content (AvgIpc) is 3.23. The molecule has 1 aromatic carbocycles. The van der Waals surface area contributed by atoms with Crippen LogP contribution >= 0.6 is 11.8 Å². The predicted molar refractivity (Wildman–Crippen MR) is 88.4 cm³/mol. The molecule has 0 aliphatic heterocycles. The number of carbonyl (C=O) groups excluding carboxylic acids is 1. The number of hydrogen-bond acceptors (Lipinski definition) is 5. The molecule has 7 heteroatoms. The molecule has 1 aromatic heterocycles. The van der Waals surface area contributed by atoms with Gasteiger partial charge in [0.25, 0.3) is 5.91 Å². The molecule has 0 saturated heterocycles. The van der Waals surface area contributed by atoms with E-state index in [1.165, 1.54) is 28.0 Å². The lowest BCUT2D eigenvalue weighted by molar-refractivity contribution is 0.102. The minimum absolute atomic E-state index is 0. The summed E-state index contributed by atoms with van der Waals surface area (Å²) >= 11 is 1.71. The van der Waals surface area contributed by atoms with Crippen molar-refractivity contribution in [3.05, 3.63) is 28.8 Å². The molecule has 1 aliphatic carbocycles. The summed E-state index contributed by atoms with van der Waals surface area (Å²) in [5.41, 5.74) is 3.07. The maximum absolute atomic E-state index is 12.4. The quantitative estimate of drug-likeness (QED) is 0.877. The van der Waals surface area contributed by atoms with Crippen molar-refractivity contribution in [2.75, 3.05) is 11.6 Å². The normalized spacial score (nSPS) is 13.6. The Hall–Kier alpha value is -1.89. The fourth-order valence-corrected chi connectivity index (χ4v) is 3.34. The second kappa shape index (κ2) is 6.48. The van der Waals surface area contributed by atoms with Crippen molar-refractivity contribution in [1.29, 1.82) is 0 Å². The number of tetrazole rings is 1. The van der Waals surface area contributed by atoms with Crippen LogP contribution in [-0.2, 0) is 7.05 Å². The zero-order chi connectivity index (χ0) is 15.0. The van der Waals surface area contributed by atoms with Crippen LogP contribution in [0.2, 0.25) is 0 Å². The van der Waals surface area contributed by atoms with Gasteiger partial charge in [0.05, 0.1) is 0 Å². The summed E-state index contributed by atoms with van der Waals surface area (Å²) in [6, 6.07) is 3.99. The number of carbonyl (C=O) groups is 1.